The van der Waals surface area contributed by atoms with Crippen LogP contribution in [0.4, 0.5) is 0 Å². The van der Waals surface area contributed by atoms with E-state index in [-0.39, 0.29) is 0 Å². The maximum Gasteiger partial charge on any atom is 0.0108 e. The van der Waals surface area contributed by atoms with E-state index in [4.69, 9.17) is 0 Å². The molecule has 1 aromatic carbocycles. The molecule has 16 heavy (non-hydrogen) atoms. The average Bonchev–Trinajstić information content (AvgIpc) is 2.31. The van der Waals surface area contributed by atoms with Gasteiger partial charge in [-0.05, 0) is 50.3 Å². The fraction of sp³-hybridized carbons (Fsp3) is 0.600. The molecule has 88 valence electrons. The van der Waals surface area contributed by atoms with Crippen LogP contribution >= 0.6 is 0 Å². The predicted molar refractivity (Wildman–Crippen MR) is 69.9 cm³/mol. The smallest absolute Gasteiger partial charge is 0.0108 e. The van der Waals surface area contributed by atoms with Crippen molar-refractivity contribution in [2.45, 2.75) is 52.0 Å². The van der Waals surface area contributed by atoms with E-state index in [1.807, 2.05) is 0 Å². The van der Waals surface area contributed by atoms with Crippen molar-refractivity contribution in [1.29, 1.82) is 0 Å². The first-order chi connectivity index (χ1) is 7.79. The van der Waals surface area contributed by atoms with Crippen molar-refractivity contribution in [3.05, 3.63) is 34.9 Å². The molecule has 0 radical (unpaired) electrons. The number of aryl methyl sites for hydroxylation is 2. The Hall–Kier alpha value is -0.820. The van der Waals surface area contributed by atoms with Gasteiger partial charge in [-0.2, -0.15) is 0 Å². The highest BCUT2D eigenvalue weighted by Crippen LogP contribution is 2.18. The van der Waals surface area contributed by atoms with Gasteiger partial charge in [-0.1, -0.05) is 37.1 Å². The molecule has 1 saturated heterocycles. The summed E-state index contributed by atoms with van der Waals surface area (Å²) in [5.41, 5.74) is 4.47. The standard InChI is InChI=1S/C15H23N/c1-3-13-8-7-12(2)10-14(13)11-15-6-4-5-9-16-15/h7-8,10,15-16H,3-6,9,11H2,1-2H3. The van der Waals surface area contributed by atoms with Gasteiger partial charge in [0.1, 0.15) is 0 Å². The number of rotatable bonds is 3. The Bertz CT molecular complexity index is 337. The number of piperidine rings is 1. The van der Waals surface area contributed by atoms with E-state index in [1.54, 1.807) is 5.56 Å². The highest BCUT2D eigenvalue weighted by molar-refractivity contribution is 5.32. The molecule has 1 N–H and O–H groups in total. The van der Waals surface area contributed by atoms with Gasteiger partial charge in [0, 0.05) is 6.04 Å². The molecule has 0 aliphatic carbocycles. The third-order valence-corrected chi connectivity index (χ3v) is 3.62. The SMILES string of the molecule is CCc1ccc(C)cc1CC1CCCCN1. The van der Waals surface area contributed by atoms with E-state index in [0.29, 0.717) is 6.04 Å². The molecular formula is C15H23N. The third-order valence-electron chi connectivity index (χ3n) is 3.62. The fourth-order valence-electron chi connectivity index (χ4n) is 2.65. The molecule has 0 amide bonds. The zero-order chi connectivity index (χ0) is 11.4. The fourth-order valence-corrected chi connectivity index (χ4v) is 2.65. The minimum absolute atomic E-state index is 0.709. The first kappa shape index (κ1) is 11.7. The minimum atomic E-state index is 0.709. The second kappa shape index (κ2) is 5.49. The monoisotopic (exact) mass is 217 g/mol. The van der Waals surface area contributed by atoms with Gasteiger partial charge >= 0.3 is 0 Å². The molecule has 1 fully saturated rings. The second-order valence-electron chi connectivity index (χ2n) is 4.98. The van der Waals surface area contributed by atoms with Crippen LogP contribution in [0.25, 0.3) is 0 Å². The molecule has 1 heterocycles. The van der Waals surface area contributed by atoms with E-state index in [1.165, 1.54) is 43.4 Å². The molecule has 0 aromatic heterocycles. The van der Waals surface area contributed by atoms with Gasteiger partial charge in [-0.15, -0.1) is 0 Å². The van der Waals surface area contributed by atoms with Crippen LogP contribution in [0.5, 0.6) is 0 Å². The largest absolute Gasteiger partial charge is 0.314 e. The lowest BCUT2D eigenvalue weighted by atomic mass is 9.93. The summed E-state index contributed by atoms with van der Waals surface area (Å²) in [5.74, 6) is 0. The highest BCUT2D eigenvalue weighted by atomic mass is 14.9. The lowest BCUT2D eigenvalue weighted by molar-refractivity contribution is 0.399. The van der Waals surface area contributed by atoms with Crippen molar-refractivity contribution < 1.29 is 0 Å². The summed E-state index contributed by atoms with van der Waals surface area (Å²) in [6.07, 6.45) is 6.46. The summed E-state index contributed by atoms with van der Waals surface area (Å²) < 4.78 is 0. The van der Waals surface area contributed by atoms with Crippen molar-refractivity contribution in [3.8, 4) is 0 Å². The summed E-state index contributed by atoms with van der Waals surface area (Å²) in [4.78, 5) is 0. The Balaban J connectivity index is 2.09. The van der Waals surface area contributed by atoms with Crippen LogP contribution in [0.15, 0.2) is 18.2 Å². The van der Waals surface area contributed by atoms with Crippen LogP contribution in [0.3, 0.4) is 0 Å². The van der Waals surface area contributed by atoms with Gasteiger partial charge in [0.15, 0.2) is 0 Å². The van der Waals surface area contributed by atoms with Crippen molar-refractivity contribution in [2.75, 3.05) is 6.54 Å². The van der Waals surface area contributed by atoms with Crippen molar-refractivity contribution in [3.63, 3.8) is 0 Å². The number of hydrogen-bond donors (Lipinski definition) is 1. The molecule has 0 saturated carbocycles. The van der Waals surface area contributed by atoms with Crippen molar-refractivity contribution in [2.24, 2.45) is 0 Å². The normalized spacial score (nSPS) is 21.0. The minimum Gasteiger partial charge on any atom is -0.314 e. The summed E-state index contributed by atoms with van der Waals surface area (Å²) in [6.45, 7) is 5.65. The van der Waals surface area contributed by atoms with Crippen LogP contribution < -0.4 is 5.32 Å². The van der Waals surface area contributed by atoms with Gasteiger partial charge < -0.3 is 5.32 Å². The van der Waals surface area contributed by atoms with Crippen molar-refractivity contribution >= 4 is 0 Å². The number of hydrogen-bond acceptors (Lipinski definition) is 1. The molecule has 1 aliphatic heterocycles. The molecule has 1 heteroatoms. The third kappa shape index (κ3) is 2.85. The van der Waals surface area contributed by atoms with Gasteiger partial charge in [-0.25, -0.2) is 0 Å². The summed E-state index contributed by atoms with van der Waals surface area (Å²) in [7, 11) is 0. The molecule has 1 unspecified atom stereocenters. The first-order valence-corrected chi connectivity index (χ1v) is 6.61. The summed E-state index contributed by atoms with van der Waals surface area (Å²) in [5, 5.41) is 3.64. The number of benzene rings is 1. The molecule has 0 spiro atoms. The maximum absolute atomic E-state index is 3.64. The second-order valence-corrected chi connectivity index (χ2v) is 4.98. The lowest BCUT2D eigenvalue weighted by Crippen LogP contribution is -2.35. The topological polar surface area (TPSA) is 12.0 Å². The average molecular weight is 217 g/mol. The highest BCUT2D eigenvalue weighted by Gasteiger charge is 2.14. The summed E-state index contributed by atoms with van der Waals surface area (Å²) in [6, 6.07) is 7.61. The van der Waals surface area contributed by atoms with Crippen LogP contribution in [-0.2, 0) is 12.8 Å². The Kier molecular flexibility index (Phi) is 4.00. The van der Waals surface area contributed by atoms with E-state index >= 15 is 0 Å². The zero-order valence-corrected chi connectivity index (χ0v) is 10.6. The molecular weight excluding hydrogens is 194 g/mol. The molecule has 1 nitrogen and oxygen atoms in total. The Morgan fingerprint density at radius 1 is 1.25 bits per heavy atom. The van der Waals surface area contributed by atoms with E-state index < -0.39 is 0 Å². The molecule has 1 atom stereocenters. The van der Waals surface area contributed by atoms with Crippen LogP contribution in [0.2, 0.25) is 0 Å². The lowest BCUT2D eigenvalue weighted by Gasteiger charge is -2.24. The first-order valence-electron chi connectivity index (χ1n) is 6.61. The van der Waals surface area contributed by atoms with Crippen LogP contribution in [0, 0.1) is 6.92 Å². The zero-order valence-electron chi connectivity index (χ0n) is 10.6. The predicted octanol–water partition coefficient (Wildman–Crippen LogP) is 3.24. The maximum atomic E-state index is 3.64. The number of nitrogens with one attached hydrogen (secondary N) is 1. The van der Waals surface area contributed by atoms with Gasteiger partial charge in [0.2, 0.25) is 0 Å². The van der Waals surface area contributed by atoms with Crippen LogP contribution in [0.1, 0.15) is 42.9 Å². The summed E-state index contributed by atoms with van der Waals surface area (Å²) >= 11 is 0. The van der Waals surface area contributed by atoms with Crippen molar-refractivity contribution in [1.82, 2.24) is 5.32 Å². The molecule has 2 rings (SSSR count). The quantitative estimate of drug-likeness (QED) is 0.819. The molecule has 1 aliphatic rings. The Morgan fingerprint density at radius 3 is 2.81 bits per heavy atom. The Morgan fingerprint density at radius 2 is 2.12 bits per heavy atom. The van der Waals surface area contributed by atoms with Gasteiger partial charge in [-0.3, -0.25) is 0 Å². The molecule has 1 aromatic rings. The van der Waals surface area contributed by atoms with Crippen LogP contribution in [-0.4, -0.2) is 12.6 Å². The van der Waals surface area contributed by atoms with E-state index in [0.717, 1.165) is 6.42 Å². The Labute approximate surface area is 99.3 Å². The van der Waals surface area contributed by atoms with E-state index in [9.17, 15) is 0 Å². The van der Waals surface area contributed by atoms with Gasteiger partial charge in [0.25, 0.3) is 0 Å². The van der Waals surface area contributed by atoms with E-state index in [2.05, 4.69) is 37.4 Å². The van der Waals surface area contributed by atoms with Gasteiger partial charge in [0.05, 0.1) is 0 Å². The molecule has 0 bridgehead atoms.